The molecule has 3 atom stereocenters. The summed E-state index contributed by atoms with van der Waals surface area (Å²) in [6, 6.07) is 0. The van der Waals surface area contributed by atoms with Crippen LogP contribution in [0.25, 0.3) is 0 Å². The minimum atomic E-state index is -1.65. The average molecular weight is 391 g/mol. The topological polar surface area (TPSA) is 66.4 Å². The molecular weight excluding hydrogens is 348 g/mol. The van der Waals surface area contributed by atoms with Gasteiger partial charge in [-0.15, -0.1) is 0 Å². The third-order valence-electron chi connectivity index (χ3n) is 4.74. The lowest BCUT2D eigenvalue weighted by atomic mass is 9.80. The highest BCUT2D eigenvalue weighted by atomic mass is 17.0. The van der Waals surface area contributed by atoms with E-state index in [1.807, 2.05) is 27.7 Å². The molecule has 1 rings (SSSR count). The summed E-state index contributed by atoms with van der Waals surface area (Å²) >= 11 is 0. The van der Waals surface area contributed by atoms with Crippen molar-refractivity contribution in [2.24, 2.45) is 5.92 Å². The first-order valence-corrected chi connectivity index (χ1v) is 10.5. The molecule has 1 aliphatic carbocycles. The number of aliphatic hydroxyl groups excluding tert-OH is 1. The molecule has 3 unspecified atom stereocenters. The van der Waals surface area contributed by atoms with Crippen molar-refractivity contribution in [1.82, 2.24) is 0 Å². The van der Waals surface area contributed by atoms with Crippen molar-refractivity contribution in [3.05, 3.63) is 0 Å². The molecule has 0 aliphatic heterocycles. The number of hydrogen-bond donors (Lipinski definition) is 1. The highest BCUT2D eigenvalue weighted by Crippen LogP contribution is 2.33. The van der Waals surface area contributed by atoms with Crippen LogP contribution in [0.3, 0.4) is 0 Å². The Hall–Kier alpha value is -0.240. The maximum Gasteiger partial charge on any atom is 0.413 e. The van der Waals surface area contributed by atoms with E-state index in [-0.39, 0.29) is 24.4 Å². The first-order chi connectivity index (χ1) is 12.6. The monoisotopic (exact) mass is 390 g/mol. The van der Waals surface area contributed by atoms with E-state index in [9.17, 15) is 5.11 Å². The van der Waals surface area contributed by atoms with Gasteiger partial charge in [-0.2, -0.15) is 0 Å². The summed E-state index contributed by atoms with van der Waals surface area (Å²) in [6.45, 7) is 14.1. The molecule has 6 nitrogen and oxygen atoms in total. The Bertz CT molecular complexity index is 396. The fourth-order valence-electron chi connectivity index (χ4n) is 2.96. The van der Waals surface area contributed by atoms with Crippen molar-refractivity contribution in [2.75, 3.05) is 19.8 Å². The second-order valence-corrected chi connectivity index (χ2v) is 8.55. The molecule has 0 radical (unpaired) electrons. The van der Waals surface area contributed by atoms with Crippen LogP contribution < -0.4 is 0 Å². The largest absolute Gasteiger partial charge is 0.413 e. The van der Waals surface area contributed by atoms with E-state index in [0.29, 0.717) is 13.2 Å². The van der Waals surface area contributed by atoms with Crippen LogP contribution in [0.2, 0.25) is 0 Å². The van der Waals surface area contributed by atoms with Crippen LogP contribution in [0.15, 0.2) is 0 Å². The summed E-state index contributed by atoms with van der Waals surface area (Å²) in [5.74, 6) is 0.875. The van der Waals surface area contributed by atoms with Gasteiger partial charge >= 0.3 is 6.16 Å². The van der Waals surface area contributed by atoms with Crippen LogP contribution in [-0.4, -0.2) is 55.0 Å². The Kier molecular flexibility index (Phi) is 10.7. The SMILES string of the molecule is CCOC(OC(C)C)(OC(C)CO)OC(C)COC(C)(C)CCC1CCC1. The Balaban J connectivity index is 2.60. The first kappa shape index (κ1) is 24.8. The van der Waals surface area contributed by atoms with Gasteiger partial charge < -0.3 is 19.3 Å². The molecule has 6 heteroatoms. The minimum absolute atomic E-state index is 0.154. The maximum atomic E-state index is 9.36. The maximum absolute atomic E-state index is 9.36. The van der Waals surface area contributed by atoms with Gasteiger partial charge in [-0.25, -0.2) is 0 Å². The molecule has 0 aromatic heterocycles. The van der Waals surface area contributed by atoms with Crippen LogP contribution in [0.1, 0.15) is 80.6 Å². The molecule has 1 saturated carbocycles. The molecule has 0 bridgehead atoms. The third kappa shape index (κ3) is 9.68. The molecule has 1 N–H and O–H groups in total. The summed E-state index contributed by atoms with van der Waals surface area (Å²) in [7, 11) is 0. The Labute approximate surface area is 165 Å². The minimum Gasteiger partial charge on any atom is -0.394 e. The van der Waals surface area contributed by atoms with Crippen molar-refractivity contribution >= 4 is 0 Å². The van der Waals surface area contributed by atoms with Crippen molar-refractivity contribution < 1.29 is 28.8 Å². The Morgan fingerprint density at radius 3 is 2.07 bits per heavy atom. The smallest absolute Gasteiger partial charge is 0.394 e. The van der Waals surface area contributed by atoms with E-state index in [1.54, 1.807) is 6.92 Å². The first-order valence-electron chi connectivity index (χ1n) is 10.5. The second-order valence-electron chi connectivity index (χ2n) is 8.55. The molecule has 27 heavy (non-hydrogen) atoms. The van der Waals surface area contributed by atoms with Crippen LogP contribution >= 0.6 is 0 Å². The molecule has 0 aromatic carbocycles. The Morgan fingerprint density at radius 2 is 1.59 bits per heavy atom. The number of hydrogen-bond acceptors (Lipinski definition) is 6. The van der Waals surface area contributed by atoms with Gasteiger partial charge in [0.15, 0.2) is 0 Å². The van der Waals surface area contributed by atoms with Gasteiger partial charge in [0, 0.05) is 0 Å². The van der Waals surface area contributed by atoms with E-state index in [4.69, 9.17) is 23.7 Å². The predicted molar refractivity (Wildman–Crippen MR) is 105 cm³/mol. The van der Waals surface area contributed by atoms with Gasteiger partial charge in [0.2, 0.25) is 0 Å². The van der Waals surface area contributed by atoms with Gasteiger partial charge in [-0.05, 0) is 67.2 Å². The lowest BCUT2D eigenvalue weighted by Gasteiger charge is -2.37. The zero-order valence-electron chi connectivity index (χ0n) is 18.5. The fraction of sp³-hybridized carbons (Fsp3) is 1.00. The quantitative estimate of drug-likeness (QED) is 0.422. The van der Waals surface area contributed by atoms with Crippen molar-refractivity contribution in [2.45, 2.75) is 111 Å². The zero-order chi connectivity index (χ0) is 20.5. The summed E-state index contributed by atoms with van der Waals surface area (Å²) in [6.07, 6.45) is 3.75. The van der Waals surface area contributed by atoms with Crippen molar-refractivity contribution in [3.63, 3.8) is 0 Å². The van der Waals surface area contributed by atoms with Gasteiger partial charge in [0.05, 0.1) is 43.7 Å². The average Bonchev–Trinajstić information content (AvgIpc) is 2.50. The summed E-state index contributed by atoms with van der Waals surface area (Å²) in [5, 5.41) is 9.36. The van der Waals surface area contributed by atoms with Crippen LogP contribution in [0.4, 0.5) is 0 Å². The molecular formula is C21H42O6. The predicted octanol–water partition coefficient (Wildman–Crippen LogP) is 4.24. The van der Waals surface area contributed by atoms with E-state index in [1.165, 1.54) is 25.7 Å². The van der Waals surface area contributed by atoms with E-state index in [0.717, 1.165) is 12.3 Å². The van der Waals surface area contributed by atoms with Crippen LogP contribution in [0, 0.1) is 5.92 Å². The molecule has 0 saturated heterocycles. The van der Waals surface area contributed by atoms with Gasteiger partial charge in [-0.1, -0.05) is 19.3 Å². The van der Waals surface area contributed by atoms with Crippen molar-refractivity contribution in [3.8, 4) is 0 Å². The molecule has 0 amide bonds. The fourth-order valence-corrected chi connectivity index (χ4v) is 2.96. The van der Waals surface area contributed by atoms with Gasteiger partial charge in [-0.3, -0.25) is 9.47 Å². The lowest BCUT2D eigenvalue weighted by Crippen LogP contribution is -2.49. The number of ether oxygens (including phenoxy) is 5. The summed E-state index contributed by atoms with van der Waals surface area (Å²) < 4.78 is 29.4. The molecule has 0 aromatic rings. The highest BCUT2D eigenvalue weighted by molar-refractivity contribution is 4.76. The van der Waals surface area contributed by atoms with E-state index >= 15 is 0 Å². The normalized spacial score (nSPS) is 20.3. The number of aliphatic hydroxyl groups is 1. The zero-order valence-corrected chi connectivity index (χ0v) is 18.5. The van der Waals surface area contributed by atoms with Gasteiger partial charge in [0.1, 0.15) is 0 Å². The summed E-state index contributed by atoms with van der Waals surface area (Å²) in [4.78, 5) is 0. The Morgan fingerprint density at radius 1 is 0.963 bits per heavy atom. The lowest BCUT2D eigenvalue weighted by molar-refractivity contribution is -0.522. The molecule has 1 fully saturated rings. The third-order valence-corrected chi connectivity index (χ3v) is 4.74. The molecule has 1 aliphatic rings. The van der Waals surface area contributed by atoms with Gasteiger partial charge in [0.25, 0.3) is 0 Å². The molecule has 0 spiro atoms. The standard InChI is InChI=1S/C21H42O6/c1-8-23-21(25-16(2)3,26-17(4)14-22)27-18(5)15-24-20(6,7)13-12-19-10-9-11-19/h16-19,22H,8-15H2,1-7H3. The second kappa shape index (κ2) is 11.7. The number of rotatable bonds is 15. The van der Waals surface area contributed by atoms with Crippen molar-refractivity contribution in [1.29, 1.82) is 0 Å². The van der Waals surface area contributed by atoms with Crippen LogP contribution in [-0.2, 0) is 23.7 Å². The van der Waals surface area contributed by atoms with Crippen LogP contribution in [0.5, 0.6) is 0 Å². The highest BCUT2D eigenvalue weighted by Gasteiger charge is 2.40. The molecule has 162 valence electrons. The van der Waals surface area contributed by atoms with E-state index in [2.05, 4.69) is 13.8 Å². The molecule has 0 heterocycles. The summed E-state index contributed by atoms with van der Waals surface area (Å²) in [5.41, 5.74) is -0.195. The van der Waals surface area contributed by atoms with E-state index < -0.39 is 12.3 Å².